The number of carbonyl (C=O) groups is 2. The average Bonchev–Trinajstić information content (AvgIpc) is 2.45. The van der Waals surface area contributed by atoms with Gasteiger partial charge >= 0.3 is 11.9 Å². The number of carbonyl (C=O) groups excluding carboxylic acids is 2. The van der Waals surface area contributed by atoms with Crippen LogP contribution >= 0.6 is 0 Å². The predicted molar refractivity (Wildman–Crippen MR) is 73.5 cm³/mol. The fourth-order valence-corrected chi connectivity index (χ4v) is 1.42. The normalized spacial score (nSPS) is 10.8. The first-order valence-corrected chi connectivity index (χ1v) is 6.36. The average molecular weight is 278 g/mol. The van der Waals surface area contributed by atoms with E-state index in [4.69, 9.17) is 9.47 Å². The van der Waals surface area contributed by atoms with Gasteiger partial charge in [-0.15, -0.1) is 0 Å². The fraction of sp³-hybridized carbons (Fsp3) is 0.357. The molecular weight excluding hydrogens is 260 g/mol. The molecule has 0 aromatic carbocycles. The monoisotopic (exact) mass is 278 g/mol. The van der Waals surface area contributed by atoms with Crippen molar-refractivity contribution in [2.45, 2.75) is 13.8 Å². The van der Waals surface area contributed by atoms with Crippen LogP contribution in [0.1, 0.15) is 19.5 Å². The maximum absolute atomic E-state index is 11.5. The summed E-state index contributed by atoms with van der Waals surface area (Å²) in [6, 6.07) is 5.27. The molecule has 1 N–H and O–H groups in total. The van der Waals surface area contributed by atoms with Gasteiger partial charge in [-0.3, -0.25) is 9.78 Å². The van der Waals surface area contributed by atoms with E-state index in [-0.39, 0.29) is 13.2 Å². The molecule has 0 unspecified atom stereocenters. The Balaban J connectivity index is 2.80. The summed E-state index contributed by atoms with van der Waals surface area (Å²) >= 11 is 0. The van der Waals surface area contributed by atoms with Crippen molar-refractivity contribution in [1.82, 2.24) is 10.3 Å². The molecule has 108 valence electrons. The zero-order chi connectivity index (χ0) is 14.8. The maximum atomic E-state index is 11.5. The third-order valence-corrected chi connectivity index (χ3v) is 2.22. The molecule has 20 heavy (non-hydrogen) atoms. The lowest BCUT2D eigenvalue weighted by Gasteiger charge is -2.10. The van der Waals surface area contributed by atoms with Gasteiger partial charge in [0.1, 0.15) is 6.54 Å². The van der Waals surface area contributed by atoms with Crippen LogP contribution in [0.4, 0.5) is 0 Å². The smallest absolute Gasteiger partial charge is 0.332 e. The molecule has 0 bridgehead atoms. The zero-order valence-electron chi connectivity index (χ0n) is 11.6. The number of hydrogen-bond donors (Lipinski definition) is 1. The molecule has 0 aliphatic rings. The molecule has 0 saturated heterocycles. The van der Waals surface area contributed by atoms with Crippen molar-refractivity contribution in [1.29, 1.82) is 0 Å². The Hall–Kier alpha value is -2.37. The molecule has 0 spiro atoms. The van der Waals surface area contributed by atoms with Crippen LogP contribution in [0, 0.1) is 0 Å². The van der Waals surface area contributed by atoms with Crippen LogP contribution in [0.5, 0.6) is 0 Å². The molecule has 0 radical (unpaired) electrons. The van der Waals surface area contributed by atoms with E-state index >= 15 is 0 Å². The summed E-state index contributed by atoms with van der Waals surface area (Å²) in [5.74, 6) is -0.900. The van der Waals surface area contributed by atoms with Crippen molar-refractivity contribution >= 4 is 17.6 Å². The quantitative estimate of drug-likeness (QED) is 0.595. The molecule has 0 atom stereocenters. The van der Waals surface area contributed by atoms with Gasteiger partial charge in [-0.2, -0.15) is 0 Å². The topological polar surface area (TPSA) is 77.5 Å². The summed E-state index contributed by atoms with van der Waals surface area (Å²) in [6.45, 7) is 3.99. The van der Waals surface area contributed by atoms with Gasteiger partial charge in [0.15, 0.2) is 0 Å². The molecule has 6 heteroatoms. The Bertz CT molecular complexity index is 471. The molecule has 1 heterocycles. The van der Waals surface area contributed by atoms with Crippen LogP contribution in [0.3, 0.4) is 0 Å². The first-order valence-electron chi connectivity index (χ1n) is 6.36. The highest BCUT2D eigenvalue weighted by atomic mass is 16.5. The molecule has 1 aromatic rings. The van der Waals surface area contributed by atoms with E-state index < -0.39 is 11.9 Å². The van der Waals surface area contributed by atoms with Gasteiger partial charge in [-0.05, 0) is 26.0 Å². The van der Waals surface area contributed by atoms with Crippen LogP contribution in [0.2, 0.25) is 0 Å². The summed E-state index contributed by atoms with van der Waals surface area (Å²) in [7, 11) is 0. The molecule has 0 amide bonds. The first kappa shape index (κ1) is 15.7. The van der Waals surface area contributed by atoms with Crippen molar-refractivity contribution in [2.24, 2.45) is 0 Å². The summed E-state index contributed by atoms with van der Waals surface area (Å²) in [5.41, 5.74) is 0.960. The van der Waals surface area contributed by atoms with Crippen molar-refractivity contribution in [3.05, 3.63) is 36.2 Å². The second kappa shape index (κ2) is 8.68. The number of rotatable bonds is 7. The van der Waals surface area contributed by atoms with E-state index in [0.29, 0.717) is 18.0 Å². The number of hydrogen-bond acceptors (Lipinski definition) is 6. The molecule has 1 rings (SSSR count). The van der Waals surface area contributed by atoms with E-state index in [9.17, 15) is 9.59 Å². The molecule has 0 saturated carbocycles. The van der Waals surface area contributed by atoms with Crippen LogP contribution in [0.15, 0.2) is 30.5 Å². The number of aromatic nitrogens is 1. The van der Waals surface area contributed by atoms with Gasteiger partial charge in [0.25, 0.3) is 0 Å². The van der Waals surface area contributed by atoms with Crippen molar-refractivity contribution in [2.75, 3.05) is 19.8 Å². The minimum atomic E-state index is -0.496. The standard InChI is InChI=1S/C14H18N2O4/c1-3-19-13(17)9-12(11-7-5-6-8-15-11)16-10-14(18)20-4-2/h5-9,16H,3-4,10H2,1-2H3/b12-9-. The Labute approximate surface area is 117 Å². The van der Waals surface area contributed by atoms with Crippen LogP contribution in [0.25, 0.3) is 5.70 Å². The largest absolute Gasteiger partial charge is 0.465 e. The third-order valence-electron chi connectivity index (χ3n) is 2.22. The number of nitrogens with one attached hydrogen (secondary N) is 1. The molecule has 0 aliphatic heterocycles. The summed E-state index contributed by atoms with van der Waals surface area (Å²) in [5, 5.41) is 2.83. The summed E-state index contributed by atoms with van der Waals surface area (Å²) in [6.07, 6.45) is 2.87. The summed E-state index contributed by atoms with van der Waals surface area (Å²) in [4.78, 5) is 27.0. The minimum absolute atomic E-state index is 0.0460. The van der Waals surface area contributed by atoms with Gasteiger partial charge in [0, 0.05) is 12.3 Å². The number of ether oxygens (including phenoxy) is 2. The fourth-order valence-electron chi connectivity index (χ4n) is 1.42. The number of nitrogens with zero attached hydrogens (tertiary/aromatic N) is 1. The van der Waals surface area contributed by atoms with E-state index in [0.717, 1.165) is 0 Å². The maximum Gasteiger partial charge on any atom is 0.332 e. The van der Waals surface area contributed by atoms with E-state index in [1.165, 1.54) is 6.08 Å². The highest BCUT2D eigenvalue weighted by molar-refractivity contribution is 5.91. The van der Waals surface area contributed by atoms with Crippen LogP contribution < -0.4 is 5.32 Å². The van der Waals surface area contributed by atoms with Gasteiger partial charge in [0.05, 0.1) is 24.6 Å². The van der Waals surface area contributed by atoms with E-state index in [2.05, 4.69) is 10.3 Å². The molecule has 0 aliphatic carbocycles. The lowest BCUT2D eigenvalue weighted by Crippen LogP contribution is -2.24. The highest BCUT2D eigenvalue weighted by Crippen LogP contribution is 2.07. The van der Waals surface area contributed by atoms with Crippen molar-refractivity contribution in [3.8, 4) is 0 Å². The lowest BCUT2D eigenvalue weighted by atomic mass is 10.2. The number of pyridine rings is 1. The summed E-state index contributed by atoms with van der Waals surface area (Å²) < 4.78 is 9.66. The first-order chi connectivity index (χ1) is 9.67. The lowest BCUT2D eigenvalue weighted by molar-refractivity contribution is -0.142. The zero-order valence-corrected chi connectivity index (χ0v) is 11.6. The van der Waals surface area contributed by atoms with Gasteiger partial charge in [-0.25, -0.2) is 4.79 Å². The Morgan fingerprint density at radius 2 is 2.00 bits per heavy atom. The van der Waals surface area contributed by atoms with E-state index in [1.54, 1.807) is 38.2 Å². The second-order valence-electron chi connectivity index (χ2n) is 3.68. The van der Waals surface area contributed by atoms with Gasteiger partial charge < -0.3 is 14.8 Å². The van der Waals surface area contributed by atoms with Gasteiger partial charge in [0.2, 0.25) is 0 Å². The molecule has 6 nitrogen and oxygen atoms in total. The minimum Gasteiger partial charge on any atom is -0.465 e. The van der Waals surface area contributed by atoms with Crippen LogP contribution in [-0.2, 0) is 19.1 Å². The SMILES string of the molecule is CCOC(=O)/C=C(\NCC(=O)OCC)c1ccccn1. The molecule has 0 fully saturated rings. The Morgan fingerprint density at radius 3 is 2.60 bits per heavy atom. The Morgan fingerprint density at radius 1 is 1.25 bits per heavy atom. The van der Waals surface area contributed by atoms with Crippen molar-refractivity contribution in [3.63, 3.8) is 0 Å². The van der Waals surface area contributed by atoms with Crippen molar-refractivity contribution < 1.29 is 19.1 Å². The predicted octanol–water partition coefficient (Wildman–Crippen LogP) is 1.14. The van der Waals surface area contributed by atoms with Crippen LogP contribution in [-0.4, -0.2) is 36.7 Å². The van der Waals surface area contributed by atoms with E-state index in [1.807, 2.05) is 0 Å². The number of esters is 2. The van der Waals surface area contributed by atoms with Gasteiger partial charge in [-0.1, -0.05) is 6.07 Å². The third kappa shape index (κ3) is 5.51. The molecular formula is C14H18N2O4. The molecule has 1 aromatic heterocycles. The highest BCUT2D eigenvalue weighted by Gasteiger charge is 2.09. The second-order valence-corrected chi connectivity index (χ2v) is 3.68. The Kier molecular flexibility index (Phi) is 6.81.